The highest BCUT2D eigenvalue weighted by Crippen LogP contribution is 2.40. The summed E-state index contributed by atoms with van der Waals surface area (Å²) in [5, 5.41) is 31.9. The first kappa shape index (κ1) is 23.9. The zero-order chi connectivity index (χ0) is 23.7. The number of nitrogens with zero attached hydrogens (tertiary/aromatic N) is 2. The number of nitrogens with two attached hydrogens (primary N) is 1. The molecule has 2 aromatic rings. The van der Waals surface area contributed by atoms with Crippen LogP contribution in [0.2, 0.25) is 0 Å². The molecule has 1 amide bonds. The number of carbonyl (C=O) groups excluding carboxylic acids is 1. The van der Waals surface area contributed by atoms with Crippen molar-refractivity contribution in [3.05, 3.63) is 41.2 Å². The van der Waals surface area contributed by atoms with Crippen LogP contribution in [0.5, 0.6) is 0 Å². The molecule has 12 heteroatoms. The number of rotatable bonds is 5. The number of aryl methyl sites for hydroxylation is 1. The average molecular weight is 456 g/mol. The summed E-state index contributed by atoms with van der Waals surface area (Å²) >= 11 is 0. The van der Waals surface area contributed by atoms with Gasteiger partial charge in [0, 0.05) is 12.2 Å². The van der Waals surface area contributed by atoms with E-state index in [-0.39, 0.29) is 29.4 Å². The maximum Gasteiger partial charge on any atom is 0.423 e. The lowest BCUT2D eigenvalue weighted by atomic mass is 9.90. The number of aromatic nitrogens is 2. The third-order valence-corrected chi connectivity index (χ3v) is 5.35. The SMILES string of the molecule is Cc1ccc([C@](O)(CO)C(F)(F)F)cc1-c1cnc(N)c(C(=O)N[C@@H]2CCOC[C@H]2O)n1. The third kappa shape index (κ3) is 4.53. The second-order valence-corrected chi connectivity index (χ2v) is 7.55. The Kier molecular flexibility index (Phi) is 6.69. The number of nitrogen functional groups attached to an aromatic ring is 1. The van der Waals surface area contributed by atoms with E-state index >= 15 is 0 Å². The van der Waals surface area contributed by atoms with Gasteiger partial charge in [0.25, 0.3) is 5.91 Å². The predicted molar refractivity (Wildman–Crippen MR) is 106 cm³/mol. The highest BCUT2D eigenvalue weighted by atomic mass is 19.4. The van der Waals surface area contributed by atoms with Crippen molar-refractivity contribution in [2.75, 3.05) is 25.6 Å². The van der Waals surface area contributed by atoms with Crippen molar-refractivity contribution in [2.24, 2.45) is 0 Å². The van der Waals surface area contributed by atoms with Crippen molar-refractivity contribution in [3.8, 4) is 11.3 Å². The molecule has 1 aromatic heterocycles. The molecule has 0 spiro atoms. The van der Waals surface area contributed by atoms with Gasteiger partial charge in [-0.1, -0.05) is 12.1 Å². The normalized spacial score (nSPS) is 21.1. The Labute approximate surface area is 181 Å². The van der Waals surface area contributed by atoms with E-state index in [1.54, 1.807) is 6.92 Å². The van der Waals surface area contributed by atoms with E-state index in [1.807, 2.05) is 0 Å². The molecule has 0 bridgehead atoms. The van der Waals surface area contributed by atoms with Crippen LogP contribution in [0.15, 0.2) is 24.4 Å². The van der Waals surface area contributed by atoms with Gasteiger partial charge in [0.05, 0.1) is 37.3 Å². The van der Waals surface area contributed by atoms with Crippen LogP contribution in [0.4, 0.5) is 19.0 Å². The van der Waals surface area contributed by atoms with E-state index in [0.717, 1.165) is 12.1 Å². The molecule has 32 heavy (non-hydrogen) atoms. The van der Waals surface area contributed by atoms with E-state index < -0.39 is 42.0 Å². The molecule has 0 saturated carbocycles. The lowest BCUT2D eigenvalue weighted by Crippen LogP contribution is -2.49. The van der Waals surface area contributed by atoms with Gasteiger partial charge in [-0.2, -0.15) is 13.2 Å². The number of halogens is 3. The minimum absolute atomic E-state index is 0.0405. The predicted octanol–water partition coefficient (Wildman–Crippen LogP) is 0.656. The summed E-state index contributed by atoms with van der Waals surface area (Å²) in [7, 11) is 0. The van der Waals surface area contributed by atoms with Gasteiger partial charge in [0.15, 0.2) is 11.5 Å². The van der Waals surface area contributed by atoms with Crippen LogP contribution < -0.4 is 11.1 Å². The van der Waals surface area contributed by atoms with Gasteiger partial charge in [-0.15, -0.1) is 0 Å². The second-order valence-electron chi connectivity index (χ2n) is 7.55. The number of aliphatic hydroxyl groups excluding tert-OH is 2. The Balaban J connectivity index is 1.98. The first-order chi connectivity index (χ1) is 15.0. The van der Waals surface area contributed by atoms with Crippen LogP contribution in [-0.2, 0) is 10.3 Å². The molecule has 1 aromatic carbocycles. The number of hydrogen-bond donors (Lipinski definition) is 5. The van der Waals surface area contributed by atoms with Crippen molar-refractivity contribution in [2.45, 2.75) is 37.3 Å². The summed E-state index contributed by atoms with van der Waals surface area (Å²) in [6.07, 6.45) is -4.48. The molecule has 174 valence electrons. The van der Waals surface area contributed by atoms with Crippen molar-refractivity contribution >= 4 is 11.7 Å². The van der Waals surface area contributed by atoms with E-state index in [9.17, 15) is 33.3 Å². The van der Waals surface area contributed by atoms with Gasteiger partial charge in [-0.3, -0.25) is 4.79 Å². The topological polar surface area (TPSA) is 151 Å². The molecule has 1 aliphatic rings. The standard InChI is InChI=1S/C20H23F3N4O5/c1-10-2-3-11(19(31,9-28)20(21,22)23)6-12(10)14-7-25-17(24)16(26-14)18(30)27-13-4-5-32-8-15(13)29/h2-3,6-7,13,15,28-29,31H,4-5,8-9H2,1H3,(H2,24,25)(H,27,30)/t13-,15-,19-/m1/s1. The third-order valence-electron chi connectivity index (χ3n) is 5.35. The fraction of sp³-hybridized carbons (Fsp3) is 0.450. The van der Waals surface area contributed by atoms with Crippen LogP contribution >= 0.6 is 0 Å². The highest BCUT2D eigenvalue weighted by molar-refractivity contribution is 5.97. The molecular weight excluding hydrogens is 433 g/mol. The number of benzene rings is 1. The van der Waals surface area contributed by atoms with Crippen molar-refractivity contribution < 1.29 is 38.0 Å². The lowest BCUT2D eigenvalue weighted by Gasteiger charge is -2.29. The molecule has 0 radical (unpaired) electrons. The molecule has 0 unspecified atom stereocenters. The van der Waals surface area contributed by atoms with Crippen molar-refractivity contribution in [1.29, 1.82) is 0 Å². The van der Waals surface area contributed by atoms with Crippen LogP contribution in [0.1, 0.15) is 28.0 Å². The number of amides is 1. The highest BCUT2D eigenvalue weighted by Gasteiger charge is 2.54. The largest absolute Gasteiger partial charge is 0.423 e. The van der Waals surface area contributed by atoms with Crippen LogP contribution in [-0.4, -0.2) is 69.3 Å². The number of anilines is 1. The first-order valence-electron chi connectivity index (χ1n) is 9.68. The number of alkyl halides is 3. The van der Waals surface area contributed by atoms with E-state index in [1.165, 1.54) is 12.3 Å². The smallest absolute Gasteiger partial charge is 0.393 e. The Hall–Kier alpha value is -2.80. The minimum Gasteiger partial charge on any atom is -0.393 e. The molecule has 3 atom stereocenters. The van der Waals surface area contributed by atoms with Crippen LogP contribution in [0.3, 0.4) is 0 Å². The van der Waals surface area contributed by atoms with E-state index in [0.29, 0.717) is 18.6 Å². The molecule has 6 N–H and O–H groups in total. The number of nitrogens with one attached hydrogen (secondary N) is 1. The van der Waals surface area contributed by atoms with Crippen LogP contribution in [0.25, 0.3) is 11.3 Å². The Morgan fingerprint density at radius 2 is 2.09 bits per heavy atom. The Morgan fingerprint density at radius 3 is 2.72 bits per heavy atom. The number of hydrogen-bond acceptors (Lipinski definition) is 8. The van der Waals surface area contributed by atoms with Gasteiger partial charge < -0.3 is 31.1 Å². The molecular formula is C20H23F3N4O5. The zero-order valence-electron chi connectivity index (χ0n) is 17.1. The first-order valence-corrected chi connectivity index (χ1v) is 9.68. The summed E-state index contributed by atoms with van der Waals surface area (Å²) in [6, 6.07) is 2.82. The van der Waals surface area contributed by atoms with Crippen molar-refractivity contribution in [3.63, 3.8) is 0 Å². The Morgan fingerprint density at radius 1 is 1.38 bits per heavy atom. The van der Waals surface area contributed by atoms with Gasteiger partial charge in [0.2, 0.25) is 5.60 Å². The summed E-state index contributed by atoms with van der Waals surface area (Å²) < 4.78 is 45.2. The summed E-state index contributed by atoms with van der Waals surface area (Å²) in [5.41, 5.74) is 2.13. The van der Waals surface area contributed by atoms with Gasteiger partial charge in [0.1, 0.15) is 0 Å². The molecule has 9 nitrogen and oxygen atoms in total. The number of carbonyl (C=O) groups is 1. The number of ether oxygens (including phenoxy) is 1. The molecule has 1 aliphatic heterocycles. The fourth-order valence-electron chi connectivity index (χ4n) is 3.32. The minimum atomic E-state index is -5.13. The quantitative estimate of drug-likeness (QED) is 0.440. The maximum absolute atomic E-state index is 13.4. The summed E-state index contributed by atoms with van der Waals surface area (Å²) in [5.74, 6) is -0.914. The fourth-order valence-corrected chi connectivity index (χ4v) is 3.32. The lowest BCUT2D eigenvalue weighted by molar-refractivity contribution is -0.277. The zero-order valence-corrected chi connectivity index (χ0v) is 17.1. The second kappa shape index (κ2) is 8.98. The Bertz CT molecular complexity index is 1000. The van der Waals surface area contributed by atoms with E-state index in [4.69, 9.17) is 10.5 Å². The summed E-state index contributed by atoms with van der Waals surface area (Å²) in [4.78, 5) is 20.8. The monoisotopic (exact) mass is 456 g/mol. The molecule has 1 saturated heterocycles. The number of aliphatic hydroxyl groups is 3. The molecule has 0 aliphatic carbocycles. The van der Waals surface area contributed by atoms with Gasteiger partial charge in [-0.05, 0) is 30.5 Å². The van der Waals surface area contributed by atoms with Crippen molar-refractivity contribution in [1.82, 2.24) is 15.3 Å². The molecule has 1 fully saturated rings. The van der Waals surface area contributed by atoms with E-state index in [2.05, 4.69) is 15.3 Å². The van der Waals surface area contributed by atoms with Crippen LogP contribution in [0, 0.1) is 6.92 Å². The molecule has 2 heterocycles. The molecule has 3 rings (SSSR count). The van der Waals surface area contributed by atoms with Gasteiger partial charge in [-0.25, -0.2) is 9.97 Å². The average Bonchev–Trinajstić information content (AvgIpc) is 2.74. The van der Waals surface area contributed by atoms with Gasteiger partial charge >= 0.3 is 6.18 Å². The maximum atomic E-state index is 13.4. The summed E-state index contributed by atoms with van der Waals surface area (Å²) in [6.45, 7) is 0.432.